The Morgan fingerprint density at radius 1 is 1.37 bits per heavy atom. The van der Waals surface area contributed by atoms with Crippen LogP contribution in [-0.4, -0.2) is 17.3 Å². The van der Waals surface area contributed by atoms with Gasteiger partial charge in [-0.1, -0.05) is 30.6 Å². The standard InChI is InChI=1S/C13H16ClN3O2/c1-7(2)11(15)13-16-12(17-19-13)9-5-4-8(14)6-10(9)18-3/h4-7,11H,15H2,1-3H3/t11-/m0/s1. The Bertz CT molecular complexity index is 569. The first kappa shape index (κ1) is 13.8. The molecule has 0 aliphatic carbocycles. The predicted octanol–water partition coefficient (Wildman–Crippen LogP) is 3.05. The number of ether oxygens (including phenoxy) is 1. The van der Waals surface area contributed by atoms with Gasteiger partial charge in [0.25, 0.3) is 0 Å². The predicted molar refractivity (Wildman–Crippen MR) is 73.1 cm³/mol. The molecule has 0 saturated carbocycles. The van der Waals surface area contributed by atoms with Gasteiger partial charge < -0.3 is 15.0 Å². The Kier molecular flexibility index (Phi) is 4.07. The molecular formula is C13H16ClN3O2. The molecule has 1 heterocycles. The summed E-state index contributed by atoms with van der Waals surface area (Å²) in [5.41, 5.74) is 6.70. The van der Waals surface area contributed by atoms with Crippen LogP contribution in [0.25, 0.3) is 11.4 Å². The summed E-state index contributed by atoms with van der Waals surface area (Å²) >= 11 is 5.92. The van der Waals surface area contributed by atoms with Crippen molar-refractivity contribution < 1.29 is 9.26 Å². The van der Waals surface area contributed by atoms with E-state index >= 15 is 0 Å². The molecule has 0 unspecified atom stereocenters. The molecule has 6 heteroatoms. The van der Waals surface area contributed by atoms with Crippen LogP contribution in [0.4, 0.5) is 0 Å². The van der Waals surface area contributed by atoms with Crippen molar-refractivity contribution in [3.05, 3.63) is 29.1 Å². The Morgan fingerprint density at radius 3 is 2.74 bits per heavy atom. The number of aromatic nitrogens is 2. The van der Waals surface area contributed by atoms with E-state index in [1.807, 2.05) is 13.8 Å². The summed E-state index contributed by atoms with van der Waals surface area (Å²) in [6.45, 7) is 3.99. The molecule has 0 saturated heterocycles. The van der Waals surface area contributed by atoms with Gasteiger partial charge in [0.05, 0.1) is 18.7 Å². The van der Waals surface area contributed by atoms with Crippen LogP contribution in [0.2, 0.25) is 5.02 Å². The van der Waals surface area contributed by atoms with Crippen LogP contribution >= 0.6 is 11.6 Å². The fourth-order valence-corrected chi connectivity index (χ4v) is 1.78. The molecule has 0 amide bonds. The van der Waals surface area contributed by atoms with E-state index in [2.05, 4.69) is 10.1 Å². The summed E-state index contributed by atoms with van der Waals surface area (Å²) in [5.74, 6) is 1.68. The van der Waals surface area contributed by atoms with Crippen molar-refractivity contribution in [2.45, 2.75) is 19.9 Å². The van der Waals surface area contributed by atoms with Crippen LogP contribution in [0.15, 0.2) is 22.7 Å². The molecule has 0 bridgehead atoms. The molecular weight excluding hydrogens is 266 g/mol. The maximum Gasteiger partial charge on any atom is 0.244 e. The first-order chi connectivity index (χ1) is 9.02. The Labute approximate surface area is 116 Å². The number of hydrogen-bond acceptors (Lipinski definition) is 5. The van der Waals surface area contributed by atoms with Crippen LogP contribution in [0.5, 0.6) is 5.75 Å². The zero-order valence-electron chi connectivity index (χ0n) is 11.1. The average Bonchev–Trinajstić information content (AvgIpc) is 2.86. The molecule has 19 heavy (non-hydrogen) atoms. The molecule has 0 aliphatic rings. The minimum atomic E-state index is -0.278. The van der Waals surface area contributed by atoms with Gasteiger partial charge in [0.2, 0.25) is 11.7 Å². The van der Waals surface area contributed by atoms with E-state index in [-0.39, 0.29) is 12.0 Å². The quantitative estimate of drug-likeness (QED) is 0.932. The van der Waals surface area contributed by atoms with Gasteiger partial charge in [0.1, 0.15) is 5.75 Å². The maximum absolute atomic E-state index is 5.98. The van der Waals surface area contributed by atoms with E-state index in [0.717, 1.165) is 5.56 Å². The fourth-order valence-electron chi connectivity index (χ4n) is 1.61. The van der Waals surface area contributed by atoms with E-state index in [4.69, 9.17) is 26.6 Å². The van der Waals surface area contributed by atoms with E-state index in [1.165, 1.54) is 0 Å². The van der Waals surface area contributed by atoms with Crippen LogP contribution in [-0.2, 0) is 0 Å². The molecule has 102 valence electrons. The number of benzene rings is 1. The number of nitrogens with two attached hydrogens (primary N) is 1. The lowest BCUT2D eigenvalue weighted by atomic mass is 10.1. The topological polar surface area (TPSA) is 74.2 Å². The summed E-state index contributed by atoms with van der Waals surface area (Å²) < 4.78 is 10.5. The summed E-state index contributed by atoms with van der Waals surface area (Å²) in [4.78, 5) is 4.31. The second kappa shape index (κ2) is 5.59. The molecule has 2 rings (SSSR count). The van der Waals surface area contributed by atoms with Crippen molar-refractivity contribution in [2.24, 2.45) is 11.7 Å². The van der Waals surface area contributed by atoms with E-state index in [9.17, 15) is 0 Å². The van der Waals surface area contributed by atoms with Crippen LogP contribution in [0.3, 0.4) is 0 Å². The third-order valence-corrected chi connectivity index (χ3v) is 3.08. The number of hydrogen-bond donors (Lipinski definition) is 1. The van der Waals surface area contributed by atoms with E-state index < -0.39 is 0 Å². The van der Waals surface area contributed by atoms with Crippen LogP contribution in [0.1, 0.15) is 25.8 Å². The SMILES string of the molecule is COc1cc(Cl)ccc1-c1noc([C@@H](N)C(C)C)n1. The van der Waals surface area contributed by atoms with E-state index in [0.29, 0.717) is 22.5 Å². The van der Waals surface area contributed by atoms with Gasteiger partial charge in [-0.15, -0.1) is 0 Å². The Hall–Kier alpha value is -1.59. The number of rotatable bonds is 4. The molecule has 2 aromatic rings. The molecule has 0 fully saturated rings. The van der Waals surface area contributed by atoms with Gasteiger partial charge in [0.15, 0.2) is 0 Å². The summed E-state index contributed by atoms with van der Waals surface area (Å²) in [6.07, 6.45) is 0. The fraction of sp³-hybridized carbons (Fsp3) is 0.385. The van der Waals surface area contributed by atoms with Crippen molar-refractivity contribution >= 4 is 11.6 Å². The highest BCUT2D eigenvalue weighted by molar-refractivity contribution is 6.30. The average molecular weight is 282 g/mol. The molecule has 5 nitrogen and oxygen atoms in total. The lowest BCUT2D eigenvalue weighted by molar-refractivity contribution is 0.325. The van der Waals surface area contributed by atoms with Gasteiger partial charge in [0, 0.05) is 5.02 Å². The smallest absolute Gasteiger partial charge is 0.244 e. The monoisotopic (exact) mass is 281 g/mol. The largest absolute Gasteiger partial charge is 0.496 e. The third-order valence-electron chi connectivity index (χ3n) is 2.85. The van der Waals surface area contributed by atoms with Crippen LogP contribution in [0, 0.1) is 5.92 Å². The molecule has 0 radical (unpaired) electrons. The van der Waals surface area contributed by atoms with Crippen LogP contribution < -0.4 is 10.5 Å². The third kappa shape index (κ3) is 2.88. The Morgan fingerprint density at radius 2 is 2.11 bits per heavy atom. The van der Waals surface area contributed by atoms with Crippen molar-refractivity contribution in [3.63, 3.8) is 0 Å². The van der Waals surface area contributed by atoms with Crippen molar-refractivity contribution in [3.8, 4) is 17.1 Å². The number of methoxy groups -OCH3 is 1. The normalized spacial score (nSPS) is 12.7. The van der Waals surface area contributed by atoms with Gasteiger partial charge >= 0.3 is 0 Å². The van der Waals surface area contributed by atoms with Crippen molar-refractivity contribution in [1.29, 1.82) is 0 Å². The van der Waals surface area contributed by atoms with Crippen molar-refractivity contribution in [1.82, 2.24) is 10.1 Å². The van der Waals surface area contributed by atoms with Crippen molar-refractivity contribution in [2.75, 3.05) is 7.11 Å². The van der Waals surface area contributed by atoms with Gasteiger partial charge in [-0.3, -0.25) is 0 Å². The first-order valence-corrected chi connectivity index (χ1v) is 6.33. The lowest BCUT2D eigenvalue weighted by Gasteiger charge is -2.09. The van der Waals surface area contributed by atoms with Gasteiger partial charge in [-0.05, 0) is 24.1 Å². The highest BCUT2D eigenvalue weighted by Gasteiger charge is 2.20. The lowest BCUT2D eigenvalue weighted by Crippen LogP contribution is -2.16. The first-order valence-electron chi connectivity index (χ1n) is 5.96. The number of nitrogens with zero attached hydrogens (tertiary/aromatic N) is 2. The maximum atomic E-state index is 5.98. The minimum Gasteiger partial charge on any atom is -0.496 e. The van der Waals surface area contributed by atoms with Gasteiger partial charge in [-0.2, -0.15) is 4.98 Å². The highest BCUT2D eigenvalue weighted by Crippen LogP contribution is 2.31. The Balaban J connectivity index is 2.38. The zero-order chi connectivity index (χ0) is 14.0. The molecule has 0 aliphatic heterocycles. The number of halogens is 1. The molecule has 1 atom stereocenters. The molecule has 1 aromatic heterocycles. The van der Waals surface area contributed by atoms with Gasteiger partial charge in [-0.25, -0.2) is 0 Å². The molecule has 1 aromatic carbocycles. The van der Waals surface area contributed by atoms with E-state index in [1.54, 1.807) is 25.3 Å². The minimum absolute atomic E-state index is 0.223. The highest BCUT2D eigenvalue weighted by atomic mass is 35.5. The second-order valence-electron chi connectivity index (χ2n) is 4.57. The molecule has 2 N–H and O–H groups in total. The summed E-state index contributed by atoms with van der Waals surface area (Å²) in [5, 5.41) is 4.53. The summed E-state index contributed by atoms with van der Waals surface area (Å²) in [7, 11) is 1.57. The zero-order valence-corrected chi connectivity index (χ0v) is 11.8. The summed E-state index contributed by atoms with van der Waals surface area (Å²) in [6, 6.07) is 4.96. The second-order valence-corrected chi connectivity index (χ2v) is 5.01. The molecule has 0 spiro atoms.